The Kier molecular flexibility index (Phi) is 2.91. The molecule has 0 amide bonds. The number of hydrogen-bond donors (Lipinski definition) is 1. The van der Waals surface area contributed by atoms with Crippen LogP contribution >= 0.6 is 27.3 Å². The lowest BCUT2D eigenvalue weighted by Gasteiger charge is -2.09. The summed E-state index contributed by atoms with van der Waals surface area (Å²) in [6.45, 7) is 2.19. The van der Waals surface area contributed by atoms with Crippen LogP contribution in [-0.4, -0.2) is 5.11 Å². The van der Waals surface area contributed by atoms with Crippen molar-refractivity contribution in [3.8, 4) is 0 Å². The average Bonchev–Trinajstić information content (AvgIpc) is 2.64. The maximum absolute atomic E-state index is 9.34. The fourth-order valence-corrected chi connectivity index (χ4v) is 3.15. The summed E-state index contributed by atoms with van der Waals surface area (Å²) in [5, 5.41) is 13.5. The third kappa shape index (κ3) is 1.49. The number of halogens is 1. The molecule has 0 spiro atoms. The van der Waals surface area contributed by atoms with Gasteiger partial charge in [-0.05, 0) is 46.5 Å². The van der Waals surface area contributed by atoms with E-state index in [1.165, 1.54) is 21.2 Å². The van der Waals surface area contributed by atoms with Crippen molar-refractivity contribution in [1.82, 2.24) is 0 Å². The van der Waals surface area contributed by atoms with E-state index in [1.54, 1.807) is 11.3 Å². The Morgan fingerprint density at radius 2 is 2.29 bits per heavy atom. The van der Waals surface area contributed by atoms with Crippen molar-refractivity contribution in [2.45, 2.75) is 18.9 Å². The lowest BCUT2D eigenvalue weighted by molar-refractivity contribution is 0.282. The molecular weight excluding hydrogens is 260 g/mol. The predicted molar refractivity (Wildman–Crippen MR) is 65.1 cm³/mol. The van der Waals surface area contributed by atoms with Gasteiger partial charge in [0.05, 0.1) is 6.61 Å². The molecule has 2 rings (SSSR count). The lowest BCUT2D eigenvalue weighted by Crippen LogP contribution is -1.94. The average molecular weight is 271 g/mol. The number of fused-ring (bicyclic) bond motifs is 1. The highest BCUT2D eigenvalue weighted by molar-refractivity contribution is 9.08. The zero-order valence-corrected chi connectivity index (χ0v) is 10.3. The smallest absolute Gasteiger partial charge is 0.0690 e. The van der Waals surface area contributed by atoms with Crippen LogP contribution in [0.1, 0.15) is 16.7 Å². The Morgan fingerprint density at radius 3 is 2.93 bits per heavy atom. The Balaban J connectivity index is 2.80. The van der Waals surface area contributed by atoms with E-state index in [0.717, 1.165) is 10.9 Å². The second-order valence-electron chi connectivity index (χ2n) is 3.26. The van der Waals surface area contributed by atoms with Crippen LogP contribution in [0.15, 0.2) is 17.5 Å². The van der Waals surface area contributed by atoms with Gasteiger partial charge in [-0.15, -0.1) is 11.3 Å². The number of benzene rings is 1. The molecule has 1 aromatic heterocycles. The highest BCUT2D eigenvalue weighted by Crippen LogP contribution is 2.30. The van der Waals surface area contributed by atoms with Crippen LogP contribution in [0.4, 0.5) is 0 Å². The summed E-state index contributed by atoms with van der Waals surface area (Å²) in [5.41, 5.74) is 3.54. The molecule has 1 aromatic carbocycles. The van der Waals surface area contributed by atoms with Crippen molar-refractivity contribution in [2.75, 3.05) is 0 Å². The first-order valence-corrected chi connectivity index (χ1v) is 6.43. The van der Waals surface area contributed by atoms with Gasteiger partial charge < -0.3 is 5.11 Å². The molecule has 0 radical (unpaired) electrons. The summed E-state index contributed by atoms with van der Waals surface area (Å²) in [7, 11) is 0. The monoisotopic (exact) mass is 270 g/mol. The third-order valence-electron chi connectivity index (χ3n) is 2.56. The number of aliphatic hydroxyl groups is 1. The summed E-state index contributed by atoms with van der Waals surface area (Å²) in [6.07, 6.45) is 0. The van der Waals surface area contributed by atoms with Gasteiger partial charge in [0.25, 0.3) is 0 Å². The molecule has 0 atom stereocenters. The van der Waals surface area contributed by atoms with Crippen molar-refractivity contribution in [1.29, 1.82) is 0 Å². The highest BCUT2D eigenvalue weighted by atomic mass is 79.9. The van der Waals surface area contributed by atoms with Gasteiger partial charge in [0.15, 0.2) is 0 Å². The summed E-state index contributed by atoms with van der Waals surface area (Å²) in [4.78, 5) is 0. The second kappa shape index (κ2) is 4.01. The highest BCUT2D eigenvalue weighted by Gasteiger charge is 2.09. The first kappa shape index (κ1) is 10.1. The number of aliphatic hydroxyl groups excluding tert-OH is 1. The van der Waals surface area contributed by atoms with Gasteiger partial charge in [0.2, 0.25) is 0 Å². The van der Waals surface area contributed by atoms with Crippen LogP contribution in [0.2, 0.25) is 0 Å². The molecule has 0 unspecified atom stereocenters. The van der Waals surface area contributed by atoms with Crippen molar-refractivity contribution < 1.29 is 5.11 Å². The molecular formula is C11H11BrOS. The number of alkyl halides is 1. The Labute approximate surface area is 95.5 Å². The van der Waals surface area contributed by atoms with E-state index in [2.05, 4.69) is 40.4 Å². The van der Waals surface area contributed by atoms with E-state index in [4.69, 9.17) is 0 Å². The molecule has 0 saturated carbocycles. The van der Waals surface area contributed by atoms with Gasteiger partial charge in [0, 0.05) is 10.0 Å². The minimum absolute atomic E-state index is 0.125. The summed E-state index contributed by atoms with van der Waals surface area (Å²) >= 11 is 5.19. The Morgan fingerprint density at radius 1 is 1.50 bits per heavy atom. The van der Waals surface area contributed by atoms with Crippen LogP contribution in [0.25, 0.3) is 10.1 Å². The van der Waals surface area contributed by atoms with Gasteiger partial charge >= 0.3 is 0 Å². The number of thiophene rings is 1. The second-order valence-corrected chi connectivity index (χ2v) is 4.77. The molecule has 2 aromatic rings. The molecule has 0 fully saturated rings. The van der Waals surface area contributed by atoms with E-state index in [9.17, 15) is 5.11 Å². The van der Waals surface area contributed by atoms with Crippen LogP contribution in [0.5, 0.6) is 0 Å². The third-order valence-corrected chi connectivity index (χ3v) is 4.03. The lowest BCUT2D eigenvalue weighted by atomic mass is 10.0. The van der Waals surface area contributed by atoms with Crippen molar-refractivity contribution in [3.63, 3.8) is 0 Å². The first-order chi connectivity index (χ1) is 6.77. The van der Waals surface area contributed by atoms with Crippen LogP contribution in [0, 0.1) is 6.92 Å². The van der Waals surface area contributed by atoms with Gasteiger partial charge in [0.1, 0.15) is 0 Å². The SMILES string of the molecule is Cc1c(CBr)cc2sccc2c1CO. The van der Waals surface area contributed by atoms with E-state index >= 15 is 0 Å². The largest absolute Gasteiger partial charge is 0.392 e. The number of hydrogen-bond acceptors (Lipinski definition) is 2. The molecule has 0 bridgehead atoms. The topological polar surface area (TPSA) is 20.2 Å². The predicted octanol–water partition coefficient (Wildman–Crippen LogP) is 3.60. The van der Waals surface area contributed by atoms with E-state index in [1.807, 2.05) is 0 Å². The minimum atomic E-state index is 0.125. The summed E-state index contributed by atoms with van der Waals surface area (Å²) in [5.74, 6) is 0. The Hall–Kier alpha value is -0.380. The normalized spacial score (nSPS) is 11.1. The fourth-order valence-electron chi connectivity index (χ4n) is 1.69. The molecule has 1 N–H and O–H groups in total. The maximum Gasteiger partial charge on any atom is 0.0690 e. The van der Waals surface area contributed by atoms with E-state index in [0.29, 0.717) is 0 Å². The maximum atomic E-state index is 9.34. The zero-order chi connectivity index (χ0) is 10.1. The Bertz CT molecular complexity index is 462. The van der Waals surface area contributed by atoms with Crippen LogP contribution in [-0.2, 0) is 11.9 Å². The molecule has 74 valence electrons. The van der Waals surface area contributed by atoms with Crippen molar-refractivity contribution in [2.24, 2.45) is 0 Å². The van der Waals surface area contributed by atoms with E-state index in [-0.39, 0.29) is 6.61 Å². The van der Waals surface area contributed by atoms with Gasteiger partial charge in [-0.3, -0.25) is 0 Å². The molecule has 0 aliphatic heterocycles. The zero-order valence-electron chi connectivity index (χ0n) is 7.88. The molecule has 1 nitrogen and oxygen atoms in total. The molecule has 0 saturated heterocycles. The minimum Gasteiger partial charge on any atom is -0.392 e. The summed E-state index contributed by atoms with van der Waals surface area (Å²) < 4.78 is 1.26. The van der Waals surface area contributed by atoms with Gasteiger partial charge in [-0.25, -0.2) is 0 Å². The molecule has 0 aliphatic rings. The molecule has 0 aliphatic carbocycles. The standard InChI is InChI=1S/C11H11BrOS/c1-7-8(5-12)4-11-9(2-3-14-11)10(7)6-13/h2-4,13H,5-6H2,1H3. The fraction of sp³-hybridized carbons (Fsp3) is 0.273. The quantitative estimate of drug-likeness (QED) is 0.827. The van der Waals surface area contributed by atoms with E-state index < -0.39 is 0 Å². The van der Waals surface area contributed by atoms with Crippen molar-refractivity contribution >= 4 is 37.4 Å². The van der Waals surface area contributed by atoms with Gasteiger partial charge in [-0.1, -0.05) is 15.9 Å². The van der Waals surface area contributed by atoms with Crippen molar-refractivity contribution in [3.05, 3.63) is 34.2 Å². The molecule has 3 heteroatoms. The first-order valence-electron chi connectivity index (χ1n) is 4.43. The molecule has 14 heavy (non-hydrogen) atoms. The van der Waals surface area contributed by atoms with Gasteiger partial charge in [-0.2, -0.15) is 0 Å². The number of rotatable bonds is 2. The van der Waals surface area contributed by atoms with Crippen LogP contribution < -0.4 is 0 Å². The molecule has 1 heterocycles. The summed E-state index contributed by atoms with van der Waals surface area (Å²) in [6, 6.07) is 4.28. The van der Waals surface area contributed by atoms with Crippen LogP contribution in [0.3, 0.4) is 0 Å².